The van der Waals surface area contributed by atoms with Crippen LogP contribution in [0.5, 0.6) is 0 Å². The van der Waals surface area contributed by atoms with Crippen molar-refractivity contribution in [2.45, 2.75) is 90.8 Å². The molecule has 9 heteroatoms. The minimum Gasteiger partial charge on any atom is -0.393 e. The Hall–Kier alpha value is -1.03. The third-order valence-electron chi connectivity index (χ3n) is 10.8. The van der Waals surface area contributed by atoms with Crippen LogP contribution >= 0.6 is 0 Å². The van der Waals surface area contributed by atoms with Gasteiger partial charge in [0.2, 0.25) is 5.91 Å². The van der Waals surface area contributed by atoms with Crippen LogP contribution in [-0.2, 0) is 19.7 Å². The van der Waals surface area contributed by atoms with Gasteiger partial charge in [-0.3, -0.25) is 14.1 Å². The summed E-state index contributed by atoms with van der Waals surface area (Å²) in [5.41, 5.74) is -0.376. The quantitative estimate of drug-likeness (QED) is 0.383. The van der Waals surface area contributed by atoms with Crippen LogP contribution in [0.15, 0.2) is 0 Å². The first-order valence-electron chi connectivity index (χ1n) is 13.4. The van der Waals surface area contributed by atoms with Gasteiger partial charge in [0.15, 0.2) is 0 Å². The van der Waals surface area contributed by atoms with E-state index < -0.39 is 22.0 Å². The second-order valence-corrected chi connectivity index (χ2v) is 14.1. The van der Waals surface area contributed by atoms with E-state index in [-0.39, 0.29) is 71.3 Å². The molecule has 0 heterocycles. The van der Waals surface area contributed by atoms with Gasteiger partial charge in [0.05, 0.1) is 18.0 Å². The highest BCUT2D eigenvalue weighted by atomic mass is 32.2. The van der Waals surface area contributed by atoms with Gasteiger partial charge in [0, 0.05) is 30.7 Å². The van der Waals surface area contributed by atoms with Crippen LogP contribution in [0.2, 0.25) is 0 Å². The zero-order valence-electron chi connectivity index (χ0n) is 21.3. The summed E-state index contributed by atoms with van der Waals surface area (Å²) in [6.07, 6.45) is 5.45. The Balaban J connectivity index is 1.44. The topological polar surface area (TPSA) is 141 Å². The molecule has 8 nitrogen and oxygen atoms in total. The molecule has 0 bridgehead atoms. The summed E-state index contributed by atoms with van der Waals surface area (Å²) in [6.45, 7) is 6.45. The van der Waals surface area contributed by atoms with Crippen molar-refractivity contribution in [3.05, 3.63) is 0 Å². The Morgan fingerprint density at radius 3 is 2.54 bits per heavy atom. The largest absolute Gasteiger partial charge is 0.393 e. The SMILES string of the molecule is C[C@H](CCC(=O)NCCS(=O)(=O)O)[C@H]1CC[C@H]2[C@@H]3C(=O)CC4CC(O)CC[C@]4(C)[C@H]3CC(O)[C@]12C. The van der Waals surface area contributed by atoms with E-state index in [2.05, 4.69) is 26.1 Å². The van der Waals surface area contributed by atoms with Gasteiger partial charge in [-0.15, -0.1) is 0 Å². The maximum atomic E-state index is 13.5. The number of carbonyl (C=O) groups is 2. The summed E-state index contributed by atoms with van der Waals surface area (Å²) in [5.74, 6) is 0.440. The number of carbonyl (C=O) groups excluding carboxylic acids is 2. The van der Waals surface area contributed by atoms with Gasteiger partial charge in [-0.2, -0.15) is 8.42 Å². The molecule has 4 fully saturated rings. The van der Waals surface area contributed by atoms with Crippen molar-refractivity contribution in [3.63, 3.8) is 0 Å². The van der Waals surface area contributed by atoms with Gasteiger partial charge in [-0.05, 0) is 80.0 Å². The molecule has 4 N–H and O–H groups in total. The number of aliphatic hydroxyl groups is 2. The average molecular weight is 514 g/mol. The molecule has 4 rings (SSSR count). The van der Waals surface area contributed by atoms with E-state index in [4.69, 9.17) is 4.55 Å². The van der Waals surface area contributed by atoms with Crippen molar-refractivity contribution in [1.29, 1.82) is 0 Å². The number of ketones is 1. The molecule has 0 spiro atoms. The fourth-order valence-electron chi connectivity index (χ4n) is 8.81. The Bertz CT molecular complexity index is 938. The first-order valence-corrected chi connectivity index (χ1v) is 15.0. The highest BCUT2D eigenvalue weighted by Gasteiger charge is 2.65. The zero-order valence-corrected chi connectivity index (χ0v) is 22.1. The van der Waals surface area contributed by atoms with E-state index >= 15 is 0 Å². The smallest absolute Gasteiger partial charge is 0.266 e. The van der Waals surface area contributed by atoms with Gasteiger partial charge in [-0.25, -0.2) is 0 Å². The van der Waals surface area contributed by atoms with Gasteiger partial charge in [-0.1, -0.05) is 20.8 Å². The van der Waals surface area contributed by atoms with Crippen molar-refractivity contribution in [3.8, 4) is 0 Å². The molecule has 35 heavy (non-hydrogen) atoms. The zero-order chi connectivity index (χ0) is 25.8. The molecule has 1 amide bonds. The lowest BCUT2D eigenvalue weighted by Crippen LogP contribution is -2.61. The van der Waals surface area contributed by atoms with Crippen LogP contribution in [0.3, 0.4) is 0 Å². The summed E-state index contributed by atoms with van der Waals surface area (Å²) >= 11 is 0. The molecule has 10 atom stereocenters. The fraction of sp³-hybridized carbons (Fsp3) is 0.923. The normalized spacial score (nSPS) is 44.2. The molecule has 4 saturated carbocycles. The number of aliphatic hydroxyl groups excluding tert-OH is 2. The number of nitrogens with one attached hydrogen (secondary N) is 1. The summed E-state index contributed by atoms with van der Waals surface area (Å²) in [6, 6.07) is 0. The van der Waals surface area contributed by atoms with E-state index in [0.29, 0.717) is 31.5 Å². The second kappa shape index (κ2) is 9.69. The molecular formula is C26H43NO7S. The molecule has 0 aromatic rings. The molecule has 4 aliphatic rings. The first-order chi connectivity index (χ1) is 16.3. The number of Topliss-reactive ketones (excluding diaryl/α,β-unsaturated/α-hetero) is 1. The second-order valence-electron chi connectivity index (χ2n) is 12.5. The van der Waals surface area contributed by atoms with Crippen LogP contribution in [0.1, 0.15) is 78.6 Å². The number of hydrogen-bond acceptors (Lipinski definition) is 6. The highest BCUT2D eigenvalue weighted by Crippen LogP contribution is 2.67. The molecule has 0 aromatic carbocycles. The van der Waals surface area contributed by atoms with Crippen molar-refractivity contribution in [2.75, 3.05) is 12.3 Å². The van der Waals surface area contributed by atoms with Crippen LogP contribution < -0.4 is 5.32 Å². The Morgan fingerprint density at radius 2 is 1.86 bits per heavy atom. The van der Waals surface area contributed by atoms with Crippen molar-refractivity contribution in [2.24, 2.45) is 46.3 Å². The number of hydrogen-bond donors (Lipinski definition) is 4. The van der Waals surface area contributed by atoms with Crippen molar-refractivity contribution >= 4 is 21.8 Å². The predicted molar refractivity (Wildman–Crippen MR) is 131 cm³/mol. The number of amides is 1. The minimum absolute atomic E-state index is 0.00996. The molecular weight excluding hydrogens is 470 g/mol. The minimum atomic E-state index is -4.10. The lowest BCUT2D eigenvalue weighted by molar-refractivity contribution is -0.182. The third-order valence-corrected chi connectivity index (χ3v) is 11.5. The highest BCUT2D eigenvalue weighted by molar-refractivity contribution is 7.85. The molecule has 0 aliphatic heterocycles. The molecule has 0 saturated heterocycles. The Kier molecular flexibility index (Phi) is 7.48. The molecule has 4 aliphatic carbocycles. The van der Waals surface area contributed by atoms with Gasteiger partial charge in [0.1, 0.15) is 5.78 Å². The predicted octanol–water partition coefficient (Wildman–Crippen LogP) is 2.58. The van der Waals surface area contributed by atoms with E-state index in [1.807, 2.05) is 0 Å². The molecule has 3 unspecified atom stereocenters. The maximum absolute atomic E-state index is 13.5. The van der Waals surface area contributed by atoms with Gasteiger partial charge in [0.25, 0.3) is 10.1 Å². The summed E-state index contributed by atoms with van der Waals surface area (Å²) in [4.78, 5) is 25.7. The first kappa shape index (κ1) is 27.0. The number of fused-ring (bicyclic) bond motifs is 5. The van der Waals surface area contributed by atoms with Crippen LogP contribution in [0.25, 0.3) is 0 Å². The van der Waals surface area contributed by atoms with Crippen LogP contribution in [0.4, 0.5) is 0 Å². The third kappa shape index (κ3) is 4.94. The van der Waals surface area contributed by atoms with E-state index in [0.717, 1.165) is 25.7 Å². The fourth-order valence-corrected chi connectivity index (χ4v) is 9.17. The van der Waals surface area contributed by atoms with E-state index in [9.17, 15) is 28.2 Å². The Labute approximate surface area is 209 Å². The molecule has 0 aromatic heterocycles. The standard InChI is InChI=1S/C26H43NO7S/c1-15(4-7-23(31)27-10-11-35(32,33)34)18-5-6-19-24-20(14-22(30)26(18,19)3)25(2)9-8-17(28)12-16(25)13-21(24)29/h15-20,22,24,28,30H,4-14H2,1-3H3,(H,27,31)(H,32,33,34)/t15-,16?,17?,18-,19+,20+,22?,24+,25+,26-/m1/s1. The van der Waals surface area contributed by atoms with Crippen LogP contribution in [0, 0.1) is 46.3 Å². The van der Waals surface area contributed by atoms with Crippen molar-refractivity contribution in [1.82, 2.24) is 5.32 Å². The average Bonchev–Trinajstić information content (AvgIpc) is 3.12. The van der Waals surface area contributed by atoms with Gasteiger partial charge < -0.3 is 15.5 Å². The van der Waals surface area contributed by atoms with Gasteiger partial charge >= 0.3 is 0 Å². The summed E-state index contributed by atoms with van der Waals surface area (Å²) < 4.78 is 30.5. The van der Waals surface area contributed by atoms with E-state index in [1.54, 1.807) is 0 Å². The molecule has 200 valence electrons. The number of rotatable bonds is 7. The van der Waals surface area contributed by atoms with Crippen LogP contribution in [-0.4, -0.2) is 59.4 Å². The Morgan fingerprint density at radius 1 is 1.14 bits per heavy atom. The summed E-state index contributed by atoms with van der Waals surface area (Å²) in [5, 5.41) is 24.4. The van der Waals surface area contributed by atoms with Crippen molar-refractivity contribution < 1.29 is 32.8 Å². The monoisotopic (exact) mass is 513 g/mol. The van der Waals surface area contributed by atoms with E-state index in [1.165, 1.54) is 0 Å². The summed E-state index contributed by atoms with van der Waals surface area (Å²) in [7, 11) is -4.10. The molecule has 0 radical (unpaired) electrons. The lowest BCUT2D eigenvalue weighted by atomic mass is 9.43. The maximum Gasteiger partial charge on any atom is 0.266 e. The lowest BCUT2D eigenvalue weighted by Gasteiger charge is -2.61.